The highest BCUT2D eigenvalue weighted by atomic mass is 16.3. The highest BCUT2D eigenvalue weighted by molar-refractivity contribution is 6.00. The fourth-order valence-electron chi connectivity index (χ4n) is 8.48. The number of aliphatic hydroxyl groups excluding tert-OH is 1. The van der Waals surface area contributed by atoms with Crippen molar-refractivity contribution in [3.8, 4) is 0 Å². The molecule has 23 N–H and O–H groups in total. The van der Waals surface area contributed by atoms with Gasteiger partial charge < -0.3 is 97.4 Å². The molecule has 0 saturated carbocycles. The zero-order valence-electron chi connectivity index (χ0n) is 46.8. The van der Waals surface area contributed by atoms with Crippen LogP contribution in [0.15, 0.2) is 60.7 Å². The van der Waals surface area contributed by atoms with Crippen molar-refractivity contribution in [1.82, 2.24) is 58.5 Å². The molecular weight excluding hydrogens is 1070 g/mol. The van der Waals surface area contributed by atoms with Gasteiger partial charge in [0.15, 0.2) is 0 Å². The van der Waals surface area contributed by atoms with Crippen LogP contribution >= 0.6 is 0 Å². The van der Waals surface area contributed by atoms with Gasteiger partial charge in [0.05, 0.1) is 6.10 Å². The van der Waals surface area contributed by atoms with Crippen molar-refractivity contribution in [3.63, 3.8) is 0 Å². The Bertz CT molecular complexity index is 2470. The Morgan fingerprint density at radius 2 is 1.05 bits per heavy atom. The summed E-state index contributed by atoms with van der Waals surface area (Å²) in [6.07, 6.45) is -3.17. The Morgan fingerprint density at radius 3 is 1.56 bits per heavy atom. The lowest BCUT2D eigenvalue weighted by Gasteiger charge is -2.29. The molecule has 3 rings (SSSR count). The lowest BCUT2D eigenvalue weighted by atomic mass is 10.00. The highest BCUT2D eigenvalue weighted by Gasteiger charge is 2.39. The SMILES string of the molecule is CC(C)C[C@@H]1NC(=O)[C@@H](Cc2ccccc2)NC(=O)[C@H](CCN)NC(=O)[C@@H](NC(=O)[C@H](CCN)NC(=O)[C@@H](NC(=O)[C@H](CCN)NC(=O)c2ccccc2)[C@@H](C)O)CCNC(=O)[C@](C)(O)NC(=O)[C@H](CCN)NC(=O)[C@H](CCN)NC1=O. The van der Waals surface area contributed by atoms with Gasteiger partial charge in [-0.2, -0.15) is 0 Å². The third-order valence-electron chi connectivity index (χ3n) is 12.9. The van der Waals surface area contributed by atoms with Crippen LogP contribution in [0.2, 0.25) is 0 Å². The molecule has 1 heterocycles. The maximum Gasteiger partial charge on any atom is 0.272 e. The fourth-order valence-corrected chi connectivity index (χ4v) is 8.48. The molecule has 1 aliphatic rings. The summed E-state index contributed by atoms with van der Waals surface area (Å²) in [6, 6.07) is 3.06. The molecule has 82 heavy (non-hydrogen) atoms. The normalized spacial score (nSPS) is 23.3. The summed E-state index contributed by atoms with van der Waals surface area (Å²) in [5, 5.41) is 49.4. The predicted octanol–water partition coefficient (Wildman–Crippen LogP) is -6.58. The Morgan fingerprint density at radius 1 is 0.585 bits per heavy atom. The second-order valence-electron chi connectivity index (χ2n) is 20.4. The number of nitrogens with one attached hydrogen (secondary N) is 11. The van der Waals surface area contributed by atoms with Gasteiger partial charge in [-0.15, -0.1) is 0 Å². The van der Waals surface area contributed by atoms with Crippen LogP contribution in [0.5, 0.6) is 0 Å². The molecular formula is C53H84N16O13. The van der Waals surface area contributed by atoms with E-state index in [1.54, 1.807) is 62.4 Å². The average Bonchev–Trinajstić information content (AvgIpc) is 3.52. The van der Waals surface area contributed by atoms with E-state index in [0.29, 0.717) is 5.56 Å². The molecule has 0 radical (unpaired) electrons. The van der Waals surface area contributed by atoms with E-state index < -0.39 is 144 Å². The van der Waals surface area contributed by atoms with Crippen molar-refractivity contribution in [2.75, 3.05) is 39.3 Å². The molecule has 1 fully saturated rings. The molecule has 0 aromatic heterocycles. The molecule has 29 heteroatoms. The number of benzene rings is 2. The number of hydrogen-bond acceptors (Lipinski definition) is 18. The average molecular weight is 1150 g/mol. The monoisotopic (exact) mass is 1150 g/mol. The summed E-state index contributed by atoms with van der Waals surface area (Å²) >= 11 is 0. The summed E-state index contributed by atoms with van der Waals surface area (Å²) in [6.45, 7) is 4.30. The van der Waals surface area contributed by atoms with Crippen LogP contribution in [0.25, 0.3) is 0 Å². The molecule has 0 unspecified atom stereocenters. The van der Waals surface area contributed by atoms with E-state index in [-0.39, 0.29) is 89.2 Å². The van der Waals surface area contributed by atoms with Gasteiger partial charge in [-0.25, -0.2) is 0 Å². The van der Waals surface area contributed by atoms with Crippen molar-refractivity contribution < 1.29 is 63.0 Å². The lowest BCUT2D eigenvalue weighted by Crippen LogP contribution is -2.63. The maximum atomic E-state index is 14.5. The van der Waals surface area contributed by atoms with Gasteiger partial charge in [0.1, 0.15) is 54.4 Å². The zero-order chi connectivity index (χ0) is 61.1. The second kappa shape index (κ2) is 34.6. The van der Waals surface area contributed by atoms with Crippen LogP contribution < -0.4 is 87.2 Å². The summed E-state index contributed by atoms with van der Waals surface area (Å²) in [5.41, 5.74) is 27.3. The van der Waals surface area contributed by atoms with Crippen molar-refractivity contribution in [2.24, 2.45) is 34.6 Å². The van der Waals surface area contributed by atoms with Gasteiger partial charge in [0, 0.05) is 18.5 Å². The molecule has 454 valence electrons. The highest BCUT2D eigenvalue weighted by Crippen LogP contribution is 2.12. The van der Waals surface area contributed by atoms with Crippen LogP contribution in [0.4, 0.5) is 0 Å². The third kappa shape index (κ3) is 22.3. The summed E-state index contributed by atoms with van der Waals surface area (Å²) in [7, 11) is 0. The van der Waals surface area contributed by atoms with E-state index in [9.17, 15) is 63.0 Å². The van der Waals surface area contributed by atoms with E-state index in [0.717, 1.165) is 6.92 Å². The first-order chi connectivity index (χ1) is 38.9. The van der Waals surface area contributed by atoms with Gasteiger partial charge in [-0.3, -0.25) is 52.7 Å². The zero-order valence-corrected chi connectivity index (χ0v) is 46.8. The first kappa shape index (κ1) is 68.6. The molecule has 0 aliphatic carbocycles. The van der Waals surface area contributed by atoms with Crippen molar-refractivity contribution >= 4 is 65.0 Å². The molecule has 2 aromatic rings. The van der Waals surface area contributed by atoms with E-state index in [1.165, 1.54) is 19.1 Å². The first-order valence-corrected chi connectivity index (χ1v) is 27.2. The Balaban J connectivity index is 2.08. The van der Waals surface area contributed by atoms with Gasteiger partial charge in [-0.1, -0.05) is 62.4 Å². The molecule has 0 bridgehead atoms. The van der Waals surface area contributed by atoms with Crippen LogP contribution in [-0.2, 0) is 54.4 Å². The van der Waals surface area contributed by atoms with Gasteiger partial charge in [0.25, 0.3) is 11.8 Å². The second-order valence-corrected chi connectivity index (χ2v) is 20.4. The van der Waals surface area contributed by atoms with Crippen LogP contribution in [0, 0.1) is 5.92 Å². The molecule has 11 atom stereocenters. The quantitative estimate of drug-likeness (QED) is 0.0492. The Labute approximate surface area is 476 Å². The van der Waals surface area contributed by atoms with E-state index in [1.807, 2.05) is 0 Å². The molecule has 1 aliphatic heterocycles. The Hall–Kier alpha value is -7.67. The fraction of sp³-hybridized carbons (Fsp3) is 0.566. The summed E-state index contributed by atoms with van der Waals surface area (Å²) in [5.74, 6) is -10.7. The largest absolute Gasteiger partial charge is 0.391 e. The van der Waals surface area contributed by atoms with Crippen LogP contribution in [-0.4, -0.2) is 181 Å². The van der Waals surface area contributed by atoms with E-state index in [2.05, 4.69) is 58.5 Å². The molecule has 29 nitrogen and oxygen atoms in total. The molecule has 0 spiro atoms. The standard InChI is InChI=1S/C53H84N16O13/c1-29(2)27-39-48(77)62-33(15-21-54)43(72)63-37(19-25-58)50(79)69-53(4,82)52(81)59-26-20-38(46(75)61-34(16-22-55)45(74)67-40(49(78)66-39)28-31-11-7-5-8-12-31)64-44(73)35(17-23-56)65-51(80)41(30(3)70)68-47(76)36(18-24-57)60-42(71)32-13-9-6-10-14-32/h5-14,29-30,33-41,70,82H,15-28,54-58H2,1-4H3,(H,59,81)(H,60,71)(H,61,75)(H,62,77)(H,63,72)(H,64,73)(H,65,80)(H,66,78)(H,67,74)(H,68,76)(H,69,79)/t30-,33+,34+,35+,36+,37+,38+,39+,40-,41+,53+/m1/s1. The minimum absolute atomic E-state index is 0.0362. The number of aliphatic hydroxyl groups is 2. The number of amides is 11. The van der Waals surface area contributed by atoms with E-state index >= 15 is 0 Å². The number of carbonyl (C=O) groups is 11. The van der Waals surface area contributed by atoms with Gasteiger partial charge in [-0.05, 0) is 115 Å². The Kier molecular flexibility index (Phi) is 28.9. The molecule has 2 aromatic carbocycles. The number of nitrogens with two attached hydrogens (primary N) is 5. The van der Waals surface area contributed by atoms with Crippen molar-refractivity contribution in [1.29, 1.82) is 0 Å². The minimum atomic E-state index is -2.71. The molecule has 11 amide bonds. The summed E-state index contributed by atoms with van der Waals surface area (Å²) < 4.78 is 0. The number of hydrogen-bond donors (Lipinski definition) is 18. The summed E-state index contributed by atoms with van der Waals surface area (Å²) in [4.78, 5) is 153. The van der Waals surface area contributed by atoms with Gasteiger partial charge in [0.2, 0.25) is 58.9 Å². The van der Waals surface area contributed by atoms with Crippen molar-refractivity contribution in [3.05, 3.63) is 71.8 Å². The first-order valence-electron chi connectivity index (χ1n) is 27.2. The van der Waals surface area contributed by atoms with Crippen LogP contribution in [0.3, 0.4) is 0 Å². The third-order valence-corrected chi connectivity index (χ3v) is 12.9. The molecule has 1 saturated heterocycles. The minimum Gasteiger partial charge on any atom is -0.391 e. The van der Waals surface area contributed by atoms with E-state index in [4.69, 9.17) is 28.7 Å². The smallest absolute Gasteiger partial charge is 0.272 e. The van der Waals surface area contributed by atoms with Crippen LogP contribution in [0.1, 0.15) is 88.6 Å². The van der Waals surface area contributed by atoms with Gasteiger partial charge >= 0.3 is 0 Å². The van der Waals surface area contributed by atoms with Crippen molar-refractivity contribution in [2.45, 2.75) is 145 Å². The maximum absolute atomic E-state index is 14.5. The lowest BCUT2D eigenvalue weighted by molar-refractivity contribution is -0.148. The number of carbonyl (C=O) groups excluding carboxylic acids is 11. The topological polar surface area (TPSA) is 491 Å². The predicted molar refractivity (Wildman–Crippen MR) is 299 cm³/mol. The number of rotatable bonds is 23.